The molecular formula is C25H20N2O4. The predicted octanol–water partition coefficient (Wildman–Crippen LogP) is 4.24. The molecule has 0 aromatic heterocycles. The van der Waals surface area contributed by atoms with Crippen LogP contribution in [0.1, 0.15) is 16.7 Å². The average Bonchev–Trinajstić information content (AvgIpc) is 2.77. The molecule has 0 saturated carbocycles. The maximum Gasteiger partial charge on any atom is 0.335 e. The number of hydrogen-bond acceptors (Lipinski definition) is 4. The fraction of sp³-hybridized carbons (Fsp3) is 0.0800. The first-order chi connectivity index (χ1) is 15.0. The number of hydrogen-bond donors (Lipinski definition) is 1. The smallest absolute Gasteiger partial charge is 0.335 e. The van der Waals surface area contributed by atoms with Crippen molar-refractivity contribution in [2.75, 3.05) is 4.90 Å². The first-order valence-electron chi connectivity index (χ1n) is 9.76. The molecule has 6 nitrogen and oxygen atoms in total. The van der Waals surface area contributed by atoms with Crippen LogP contribution in [-0.2, 0) is 16.2 Å². The molecule has 1 saturated heterocycles. The van der Waals surface area contributed by atoms with Crippen molar-refractivity contribution in [2.45, 2.75) is 13.5 Å². The van der Waals surface area contributed by atoms with Crippen molar-refractivity contribution in [3.63, 3.8) is 0 Å². The van der Waals surface area contributed by atoms with Gasteiger partial charge in [-0.25, -0.2) is 9.69 Å². The number of barbiturate groups is 1. The quantitative estimate of drug-likeness (QED) is 0.502. The molecule has 0 spiro atoms. The standard InChI is InChI=1S/C25H20N2O4/c1-17-10-12-20(13-11-17)27-24(29)22(23(28)26-25(27)30)15-19-8-5-9-21(14-19)31-16-18-6-3-2-4-7-18/h2-15H,16H2,1H3,(H,26,28,30)/b22-15-. The SMILES string of the molecule is Cc1ccc(N2C(=O)NC(=O)/C(=C/c3cccc(OCc4ccccc4)c3)C2=O)cc1. The molecule has 1 heterocycles. The summed E-state index contributed by atoms with van der Waals surface area (Å²) in [6.45, 7) is 2.31. The third kappa shape index (κ3) is 4.53. The third-order valence-corrected chi connectivity index (χ3v) is 4.81. The first-order valence-corrected chi connectivity index (χ1v) is 9.76. The maximum atomic E-state index is 13.0. The van der Waals surface area contributed by atoms with E-state index in [4.69, 9.17) is 4.74 Å². The normalized spacial score (nSPS) is 15.2. The lowest BCUT2D eigenvalue weighted by Gasteiger charge is -2.26. The lowest BCUT2D eigenvalue weighted by Crippen LogP contribution is -2.54. The second kappa shape index (κ2) is 8.67. The van der Waals surface area contributed by atoms with Crippen molar-refractivity contribution in [1.29, 1.82) is 0 Å². The van der Waals surface area contributed by atoms with Crippen molar-refractivity contribution in [3.05, 3.63) is 101 Å². The molecule has 6 heteroatoms. The van der Waals surface area contributed by atoms with Crippen LogP contribution < -0.4 is 15.0 Å². The summed E-state index contributed by atoms with van der Waals surface area (Å²) in [6, 6.07) is 23.0. The van der Waals surface area contributed by atoms with Gasteiger partial charge in [-0.15, -0.1) is 0 Å². The van der Waals surface area contributed by atoms with Gasteiger partial charge in [0.05, 0.1) is 5.69 Å². The average molecular weight is 412 g/mol. The number of aryl methyl sites for hydroxylation is 1. The minimum absolute atomic E-state index is 0.125. The number of anilines is 1. The van der Waals surface area contributed by atoms with E-state index in [-0.39, 0.29) is 5.57 Å². The molecule has 0 atom stereocenters. The Balaban J connectivity index is 1.58. The Hall–Kier alpha value is -4.19. The lowest BCUT2D eigenvalue weighted by atomic mass is 10.1. The zero-order valence-electron chi connectivity index (χ0n) is 16.9. The van der Waals surface area contributed by atoms with Crippen LogP contribution >= 0.6 is 0 Å². The summed E-state index contributed by atoms with van der Waals surface area (Å²) in [5.41, 5.74) is 2.90. The van der Waals surface area contributed by atoms with Gasteiger partial charge in [-0.3, -0.25) is 14.9 Å². The van der Waals surface area contributed by atoms with Crippen LogP contribution in [0.5, 0.6) is 5.75 Å². The van der Waals surface area contributed by atoms with Crippen LogP contribution in [0.4, 0.5) is 10.5 Å². The van der Waals surface area contributed by atoms with Crippen LogP contribution in [0.3, 0.4) is 0 Å². The van der Waals surface area contributed by atoms with E-state index < -0.39 is 17.8 Å². The zero-order valence-corrected chi connectivity index (χ0v) is 16.9. The van der Waals surface area contributed by atoms with E-state index >= 15 is 0 Å². The van der Waals surface area contributed by atoms with Gasteiger partial charge in [0.1, 0.15) is 17.9 Å². The highest BCUT2D eigenvalue weighted by molar-refractivity contribution is 6.39. The third-order valence-electron chi connectivity index (χ3n) is 4.81. The van der Waals surface area contributed by atoms with Crippen LogP contribution in [0.15, 0.2) is 84.4 Å². The molecule has 4 rings (SSSR count). The van der Waals surface area contributed by atoms with Crippen molar-refractivity contribution >= 4 is 29.6 Å². The largest absolute Gasteiger partial charge is 0.489 e. The number of carbonyl (C=O) groups excluding carboxylic acids is 3. The van der Waals surface area contributed by atoms with Crippen molar-refractivity contribution in [1.82, 2.24) is 5.32 Å². The number of nitrogens with zero attached hydrogens (tertiary/aromatic N) is 1. The molecule has 0 radical (unpaired) electrons. The topological polar surface area (TPSA) is 75.7 Å². The molecule has 0 unspecified atom stereocenters. The second-order valence-electron chi connectivity index (χ2n) is 7.14. The molecule has 1 aliphatic heterocycles. The van der Waals surface area contributed by atoms with Crippen LogP contribution in [-0.4, -0.2) is 17.8 Å². The molecule has 3 aromatic rings. The Kier molecular flexibility index (Phi) is 5.62. The van der Waals surface area contributed by atoms with E-state index in [0.717, 1.165) is 16.0 Å². The highest BCUT2D eigenvalue weighted by Crippen LogP contribution is 2.23. The van der Waals surface area contributed by atoms with Gasteiger partial charge in [0.25, 0.3) is 11.8 Å². The summed E-state index contributed by atoms with van der Waals surface area (Å²) in [7, 11) is 0. The zero-order chi connectivity index (χ0) is 21.8. The van der Waals surface area contributed by atoms with Gasteiger partial charge >= 0.3 is 6.03 Å². The Morgan fingerprint density at radius 3 is 2.39 bits per heavy atom. The van der Waals surface area contributed by atoms with Crippen LogP contribution in [0.25, 0.3) is 6.08 Å². The minimum atomic E-state index is -0.768. The molecule has 154 valence electrons. The lowest BCUT2D eigenvalue weighted by molar-refractivity contribution is -0.122. The molecule has 1 fully saturated rings. The summed E-state index contributed by atoms with van der Waals surface area (Å²) < 4.78 is 5.81. The van der Waals surface area contributed by atoms with Crippen molar-refractivity contribution < 1.29 is 19.1 Å². The number of imide groups is 2. The fourth-order valence-electron chi connectivity index (χ4n) is 3.19. The first kappa shape index (κ1) is 20.1. The van der Waals surface area contributed by atoms with Gasteiger partial charge in [0.2, 0.25) is 0 Å². The number of ether oxygens (including phenoxy) is 1. The van der Waals surface area contributed by atoms with Gasteiger partial charge < -0.3 is 4.74 Å². The summed E-state index contributed by atoms with van der Waals surface area (Å²) in [6.07, 6.45) is 1.46. The Morgan fingerprint density at radius 1 is 0.903 bits per heavy atom. The van der Waals surface area contributed by atoms with Gasteiger partial charge in [0, 0.05) is 0 Å². The number of amides is 4. The molecule has 1 N–H and O–H groups in total. The Labute approximate surface area is 179 Å². The molecular weight excluding hydrogens is 392 g/mol. The maximum absolute atomic E-state index is 13.0. The molecule has 0 bridgehead atoms. The number of rotatable bonds is 5. The molecule has 3 aromatic carbocycles. The predicted molar refractivity (Wildman–Crippen MR) is 117 cm³/mol. The molecule has 31 heavy (non-hydrogen) atoms. The van der Waals surface area contributed by atoms with E-state index in [9.17, 15) is 14.4 Å². The van der Waals surface area contributed by atoms with E-state index in [1.165, 1.54) is 6.08 Å². The second-order valence-corrected chi connectivity index (χ2v) is 7.14. The Bertz CT molecular complexity index is 1170. The van der Waals surface area contributed by atoms with E-state index in [1.54, 1.807) is 48.5 Å². The minimum Gasteiger partial charge on any atom is -0.489 e. The van der Waals surface area contributed by atoms with E-state index in [1.807, 2.05) is 37.3 Å². The molecule has 4 amide bonds. The summed E-state index contributed by atoms with van der Waals surface area (Å²) in [5.74, 6) is -0.796. The van der Waals surface area contributed by atoms with E-state index in [0.29, 0.717) is 23.6 Å². The number of urea groups is 1. The number of nitrogens with one attached hydrogen (secondary N) is 1. The van der Waals surface area contributed by atoms with Crippen molar-refractivity contribution in [3.8, 4) is 5.75 Å². The number of carbonyl (C=O) groups is 3. The van der Waals surface area contributed by atoms with Gasteiger partial charge in [-0.05, 0) is 48.4 Å². The fourth-order valence-corrected chi connectivity index (χ4v) is 3.19. The van der Waals surface area contributed by atoms with Gasteiger partial charge in [-0.2, -0.15) is 0 Å². The summed E-state index contributed by atoms with van der Waals surface area (Å²) >= 11 is 0. The molecule has 0 aliphatic carbocycles. The summed E-state index contributed by atoms with van der Waals surface area (Å²) in [4.78, 5) is 38.6. The molecule has 1 aliphatic rings. The monoisotopic (exact) mass is 412 g/mol. The van der Waals surface area contributed by atoms with Crippen molar-refractivity contribution in [2.24, 2.45) is 0 Å². The summed E-state index contributed by atoms with van der Waals surface area (Å²) in [5, 5.41) is 2.23. The van der Waals surface area contributed by atoms with Gasteiger partial charge in [-0.1, -0.05) is 60.2 Å². The number of benzene rings is 3. The highest BCUT2D eigenvalue weighted by Gasteiger charge is 2.36. The van der Waals surface area contributed by atoms with Gasteiger partial charge in [0.15, 0.2) is 0 Å². The Morgan fingerprint density at radius 2 is 1.65 bits per heavy atom. The highest BCUT2D eigenvalue weighted by atomic mass is 16.5. The van der Waals surface area contributed by atoms with Crippen LogP contribution in [0, 0.1) is 6.92 Å². The van der Waals surface area contributed by atoms with E-state index in [2.05, 4.69) is 5.32 Å². The van der Waals surface area contributed by atoms with Crippen LogP contribution in [0.2, 0.25) is 0 Å².